The van der Waals surface area contributed by atoms with Crippen LogP contribution in [0, 0.1) is 12.7 Å². The van der Waals surface area contributed by atoms with Gasteiger partial charge < -0.3 is 15.2 Å². The fourth-order valence-corrected chi connectivity index (χ4v) is 4.38. The Labute approximate surface area is 193 Å². The quantitative estimate of drug-likeness (QED) is 0.489. The van der Waals surface area contributed by atoms with E-state index in [0.717, 1.165) is 24.3 Å². The van der Waals surface area contributed by atoms with Crippen molar-refractivity contribution in [3.8, 4) is 0 Å². The van der Waals surface area contributed by atoms with Gasteiger partial charge in [0.15, 0.2) is 5.82 Å². The first-order valence-electron chi connectivity index (χ1n) is 12.0. The van der Waals surface area contributed by atoms with Crippen LogP contribution in [0.2, 0.25) is 0 Å². The molecule has 1 saturated heterocycles. The lowest BCUT2D eigenvalue weighted by molar-refractivity contribution is 0.0958. The number of nitrogens with zero attached hydrogens (tertiary/aromatic N) is 5. The van der Waals surface area contributed by atoms with Crippen LogP contribution in [0.4, 0.5) is 10.1 Å². The van der Waals surface area contributed by atoms with Gasteiger partial charge in [-0.25, -0.2) is 13.9 Å². The third kappa shape index (κ3) is 3.82. The van der Waals surface area contributed by atoms with Crippen molar-refractivity contribution in [2.24, 2.45) is 0 Å². The van der Waals surface area contributed by atoms with Gasteiger partial charge >= 0.3 is 0 Å². The Morgan fingerprint density at radius 2 is 2.06 bits per heavy atom. The van der Waals surface area contributed by atoms with E-state index in [0.29, 0.717) is 36.4 Å². The van der Waals surface area contributed by atoms with Gasteiger partial charge in [-0.3, -0.25) is 14.5 Å². The zero-order chi connectivity index (χ0) is 25.6. The molecule has 9 nitrogen and oxygen atoms in total. The molecule has 2 N–H and O–H groups in total. The van der Waals surface area contributed by atoms with Crippen LogP contribution in [-0.2, 0) is 6.54 Å². The van der Waals surface area contributed by atoms with Gasteiger partial charge in [0, 0.05) is 43.8 Å². The lowest BCUT2D eigenvalue weighted by atomic mass is 10.1. The minimum absolute atomic E-state index is 0.0507. The molecule has 0 atom stereocenters. The number of carbonyl (C=O) groups excluding carboxylic acids is 1. The molecule has 1 aliphatic rings. The number of H-pyrrole nitrogens is 1. The molecule has 0 saturated carbocycles. The maximum atomic E-state index is 15.0. The second-order valence-corrected chi connectivity index (χ2v) is 8.07. The first-order valence-corrected chi connectivity index (χ1v) is 10.5. The lowest BCUT2D eigenvalue weighted by Gasteiger charge is -2.36. The summed E-state index contributed by atoms with van der Waals surface area (Å²) in [5.41, 5.74) is 2.91. The second kappa shape index (κ2) is 8.28. The first-order chi connectivity index (χ1) is 17.1. The van der Waals surface area contributed by atoms with E-state index in [4.69, 9.17) is 4.11 Å². The van der Waals surface area contributed by atoms with Gasteiger partial charge in [-0.2, -0.15) is 5.10 Å². The first kappa shape index (κ1) is 17.7. The van der Waals surface area contributed by atoms with Crippen LogP contribution in [-0.4, -0.2) is 63.5 Å². The van der Waals surface area contributed by atoms with E-state index >= 15 is 0 Å². The van der Waals surface area contributed by atoms with Gasteiger partial charge in [-0.1, -0.05) is 0 Å². The SMILES string of the molecule is [2H]C([2H])([2H])NC(=O)c1ccc(N2CCN(Cc3cc(F)c4c(c3)[nH]c(=O)c3ccnn34)CC2)c(C)n1. The second-order valence-electron chi connectivity index (χ2n) is 8.07. The fraction of sp³-hybridized carbons (Fsp3) is 0.304. The molecule has 0 bridgehead atoms. The van der Waals surface area contributed by atoms with Crippen molar-refractivity contribution >= 4 is 28.1 Å². The van der Waals surface area contributed by atoms with Crippen molar-refractivity contribution in [1.29, 1.82) is 0 Å². The van der Waals surface area contributed by atoms with E-state index in [9.17, 15) is 14.0 Å². The highest BCUT2D eigenvalue weighted by molar-refractivity contribution is 5.92. The molecule has 0 aliphatic carbocycles. The van der Waals surface area contributed by atoms with Crippen LogP contribution in [0.3, 0.4) is 0 Å². The number of hydrogen-bond donors (Lipinski definition) is 2. The van der Waals surface area contributed by atoms with Gasteiger partial charge in [0.05, 0.1) is 23.1 Å². The number of benzene rings is 1. The van der Waals surface area contributed by atoms with E-state index in [2.05, 4.69) is 24.9 Å². The number of aromatic amines is 1. The third-order valence-corrected chi connectivity index (χ3v) is 5.98. The maximum Gasteiger partial charge on any atom is 0.274 e. The van der Waals surface area contributed by atoms with Crippen molar-refractivity contribution in [1.82, 2.24) is 29.8 Å². The van der Waals surface area contributed by atoms with Crippen LogP contribution in [0.1, 0.15) is 25.9 Å². The lowest BCUT2D eigenvalue weighted by Crippen LogP contribution is -2.46. The number of piperazine rings is 1. The van der Waals surface area contributed by atoms with Gasteiger partial charge in [0.1, 0.15) is 16.7 Å². The highest BCUT2D eigenvalue weighted by Crippen LogP contribution is 2.23. The molecule has 10 heteroatoms. The number of aromatic nitrogens is 4. The van der Waals surface area contributed by atoms with Crippen molar-refractivity contribution in [3.63, 3.8) is 0 Å². The monoisotopic (exact) mass is 452 g/mol. The Balaban J connectivity index is 1.27. The smallest absolute Gasteiger partial charge is 0.274 e. The zero-order valence-electron chi connectivity index (χ0n) is 20.9. The fourth-order valence-electron chi connectivity index (χ4n) is 4.38. The molecular formula is C23H24FN7O2. The molecule has 1 fully saturated rings. The number of halogens is 1. The summed E-state index contributed by atoms with van der Waals surface area (Å²) in [5, 5.41) is 6.02. The minimum Gasteiger partial charge on any atom is -0.368 e. The zero-order valence-corrected chi connectivity index (χ0v) is 17.9. The predicted octanol–water partition coefficient (Wildman–Crippen LogP) is 1.70. The highest BCUT2D eigenvalue weighted by atomic mass is 19.1. The number of anilines is 1. The molecule has 4 aromatic rings. The minimum atomic E-state index is -2.57. The summed E-state index contributed by atoms with van der Waals surface area (Å²) >= 11 is 0. The van der Waals surface area contributed by atoms with Gasteiger partial charge in [0.2, 0.25) is 0 Å². The molecule has 1 aromatic carbocycles. The topological polar surface area (TPSA) is 98.6 Å². The predicted molar refractivity (Wildman–Crippen MR) is 123 cm³/mol. The Hall–Kier alpha value is -3.79. The molecule has 0 radical (unpaired) electrons. The van der Waals surface area contributed by atoms with E-state index < -0.39 is 18.7 Å². The van der Waals surface area contributed by atoms with Crippen molar-refractivity contribution in [2.75, 3.05) is 38.1 Å². The molecule has 1 amide bonds. The van der Waals surface area contributed by atoms with Crippen LogP contribution < -0.4 is 15.8 Å². The Morgan fingerprint density at radius 1 is 1.24 bits per heavy atom. The van der Waals surface area contributed by atoms with E-state index in [1.165, 1.54) is 22.8 Å². The summed E-state index contributed by atoms with van der Waals surface area (Å²) in [5.74, 6) is -1.19. The molecule has 5 rings (SSSR count). The van der Waals surface area contributed by atoms with Crippen LogP contribution in [0.25, 0.3) is 16.6 Å². The number of carbonyl (C=O) groups is 1. The molecule has 1 aliphatic heterocycles. The standard InChI is InChI=1S/C23H24FN7O2/c1-14-19(4-3-17(27-14)22(32)25-2)30-9-7-29(8-10-30)13-15-11-16(24)21-18(12-15)28-23(33)20-5-6-26-31(20)21/h3-6,11-12H,7-10,13H2,1-2H3,(H,25,32)(H,28,33)/i2D3. The Kier molecular flexibility index (Phi) is 4.45. The number of aryl methyl sites for hydroxylation is 1. The summed E-state index contributed by atoms with van der Waals surface area (Å²) in [6, 6.07) is 8.10. The van der Waals surface area contributed by atoms with Crippen molar-refractivity contribution in [2.45, 2.75) is 13.5 Å². The van der Waals surface area contributed by atoms with Crippen molar-refractivity contribution in [3.05, 3.63) is 69.7 Å². The van der Waals surface area contributed by atoms with Gasteiger partial charge in [0.25, 0.3) is 11.5 Å². The third-order valence-electron chi connectivity index (χ3n) is 5.98. The van der Waals surface area contributed by atoms with E-state index in [1.807, 2.05) is 5.32 Å². The summed E-state index contributed by atoms with van der Waals surface area (Å²) in [7, 11) is 0. The van der Waals surface area contributed by atoms with Gasteiger partial charge in [-0.05, 0) is 42.8 Å². The Bertz CT molecular complexity index is 1520. The van der Waals surface area contributed by atoms with Crippen molar-refractivity contribution < 1.29 is 13.3 Å². The average molecular weight is 453 g/mol. The normalized spacial score (nSPS) is 16.5. The molecular weight excluding hydrogens is 425 g/mol. The highest BCUT2D eigenvalue weighted by Gasteiger charge is 2.21. The van der Waals surface area contributed by atoms with E-state index in [-0.39, 0.29) is 16.8 Å². The summed E-state index contributed by atoms with van der Waals surface area (Å²) in [4.78, 5) is 35.7. The molecule has 0 unspecified atom stereocenters. The molecule has 3 aromatic heterocycles. The van der Waals surface area contributed by atoms with Crippen LogP contribution >= 0.6 is 0 Å². The number of amides is 1. The number of fused-ring (bicyclic) bond motifs is 3. The molecule has 170 valence electrons. The average Bonchev–Trinajstić information content (AvgIpc) is 3.29. The molecule has 4 heterocycles. The molecule has 33 heavy (non-hydrogen) atoms. The largest absolute Gasteiger partial charge is 0.368 e. The summed E-state index contributed by atoms with van der Waals surface area (Å²) < 4.78 is 37.8. The summed E-state index contributed by atoms with van der Waals surface area (Å²) in [6.45, 7) is 2.56. The molecule has 0 spiro atoms. The Morgan fingerprint density at radius 3 is 2.82 bits per heavy atom. The number of nitrogens with one attached hydrogen (secondary N) is 2. The number of pyridine rings is 1. The maximum absolute atomic E-state index is 15.0. The number of rotatable bonds is 4. The van der Waals surface area contributed by atoms with Crippen LogP contribution in [0.5, 0.6) is 0 Å². The summed E-state index contributed by atoms with van der Waals surface area (Å²) in [6.07, 6.45) is 1.47. The number of hydrogen-bond acceptors (Lipinski definition) is 6. The van der Waals surface area contributed by atoms with Gasteiger partial charge in [-0.15, -0.1) is 0 Å². The van der Waals surface area contributed by atoms with Crippen LogP contribution in [0.15, 0.2) is 41.3 Å². The van der Waals surface area contributed by atoms with E-state index in [1.54, 1.807) is 25.1 Å².